The van der Waals surface area contributed by atoms with E-state index in [1.165, 1.54) is 0 Å². The molecule has 5 nitrogen and oxygen atoms in total. The number of nitrogens with zero attached hydrogens (tertiary/aromatic N) is 1. The van der Waals surface area contributed by atoms with Crippen molar-refractivity contribution in [2.75, 3.05) is 19.3 Å². The van der Waals surface area contributed by atoms with Gasteiger partial charge in [0.15, 0.2) is 0 Å². The van der Waals surface area contributed by atoms with Crippen LogP contribution in [0.25, 0.3) is 0 Å². The number of rotatable bonds is 4. The minimum atomic E-state index is -3.23. The van der Waals surface area contributed by atoms with Gasteiger partial charge in [0.1, 0.15) is 0 Å². The van der Waals surface area contributed by atoms with Crippen molar-refractivity contribution in [3.05, 3.63) is 35.4 Å². The van der Waals surface area contributed by atoms with Crippen LogP contribution in [0.15, 0.2) is 24.3 Å². The highest BCUT2D eigenvalue weighted by molar-refractivity contribution is 7.88. The molecule has 1 N–H and O–H groups in total. The molecule has 0 radical (unpaired) electrons. The number of nitrogens with one attached hydrogen (secondary N) is 1. The van der Waals surface area contributed by atoms with Crippen LogP contribution < -0.4 is 4.72 Å². The van der Waals surface area contributed by atoms with E-state index in [2.05, 4.69) is 4.72 Å². The number of likely N-dealkylation sites (tertiary alicyclic amines) is 1. The second-order valence-electron chi connectivity index (χ2n) is 5.58. The number of piperidine rings is 1. The quantitative estimate of drug-likeness (QED) is 0.917. The molecule has 0 aromatic heterocycles. The third kappa shape index (κ3) is 4.28. The van der Waals surface area contributed by atoms with Crippen molar-refractivity contribution in [1.82, 2.24) is 9.62 Å². The molecule has 1 aromatic carbocycles. The van der Waals surface area contributed by atoms with E-state index >= 15 is 0 Å². The molecule has 1 amide bonds. The van der Waals surface area contributed by atoms with Crippen LogP contribution in [0.5, 0.6) is 0 Å². The van der Waals surface area contributed by atoms with E-state index in [-0.39, 0.29) is 18.5 Å². The number of carbonyl (C=O) groups excluding carboxylic acids is 1. The number of hydrogen-bond donors (Lipinski definition) is 1. The predicted octanol–water partition coefficient (Wildman–Crippen LogP) is 1.54. The summed E-state index contributed by atoms with van der Waals surface area (Å²) in [6.07, 6.45) is 3.96. The lowest BCUT2D eigenvalue weighted by Gasteiger charge is -2.36. The van der Waals surface area contributed by atoms with Gasteiger partial charge in [0, 0.05) is 24.7 Å². The molecular weight excluding hydrogens is 288 g/mol. The van der Waals surface area contributed by atoms with Crippen LogP contribution in [0.1, 0.15) is 35.2 Å². The minimum absolute atomic E-state index is 0.00639. The lowest BCUT2D eigenvalue weighted by atomic mass is 9.99. The average Bonchev–Trinajstić information content (AvgIpc) is 2.44. The normalized spacial score (nSPS) is 19.5. The van der Waals surface area contributed by atoms with Crippen molar-refractivity contribution in [3.63, 3.8) is 0 Å². The van der Waals surface area contributed by atoms with E-state index in [9.17, 15) is 13.2 Å². The molecule has 1 atom stereocenters. The lowest BCUT2D eigenvalue weighted by Crippen LogP contribution is -2.49. The molecule has 0 unspecified atom stereocenters. The minimum Gasteiger partial charge on any atom is -0.334 e. The van der Waals surface area contributed by atoms with Crippen LogP contribution >= 0.6 is 0 Å². The van der Waals surface area contributed by atoms with Gasteiger partial charge in [-0.15, -0.1) is 0 Å². The van der Waals surface area contributed by atoms with Crippen LogP contribution in [-0.4, -0.2) is 44.6 Å². The summed E-state index contributed by atoms with van der Waals surface area (Å²) in [7, 11) is -3.23. The Morgan fingerprint density at radius 1 is 1.33 bits per heavy atom. The van der Waals surface area contributed by atoms with Gasteiger partial charge in [-0.2, -0.15) is 0 Å². The first kappa shape index (κ1) is 16.0. The molecule has 0 saturated carbocycles. The maximum Gasteiger partial charge on any atom is 0.254 e. The molecule has 0 spiro atoms. The first-order valence-electron chi connectivity index (χ1n) is 7.20. The summed E-state index contributed by atoms with van der Waals surface area (Å²) < 4.78 is 25.0. The molecule has 1 aliphatic heterocycles. The van der Waals surface area contributed by atoms with Gasteiger partial charge in [-0.1, -0.05) is 18.2 Å². The van der Waals surface area contributed by atoms with E-state index in [4.69, 9.17) is 0 Å². The zero-order valence-electron chi connectivity index (χ0n) is 12.5. The molecule has 2 rings (SSSR count). The highest BCUT2D eigenvalue weighted by atomic mass is 32.2. The second kappa shape index (κ2) is 6.58. The summed E-state index contributed by atoms with van der Waals surface area (Å²) in [5, 5.41) is 0. The number of aryl methyl sites for hydroxylation is 1. The van der Waals surface area contributed by atoms with Gasteiger partial charge in [-0.05, 0) is 37.8 Å². The highest BCUT2D eigenvalue weighted by Crippen LogP contribution is 2.20. The van der Waals surface area contributed by atoms with Crippen molar-refractivity contribution in [3.8, 4) is 0 Å². The maximum atomic E-state index is 12.7. The van der Waals surface area contributed by atoms with Gasteiger partial charge in [0.2, 0.25) is 10.0 Å². The Hall–Kier alpha value is -1.40. The fraction of sp³-hybridized carbons (Fsp3) is 0.533. The van der Waals surface area contributed by atoms with Gasteiger partial charge in [0.05, 0.1) is 6.26 Å². The zero-order valence-corrected chi connectivity index (χ0v) is 13.3. The fourth-order valence-corrected chi connectivity index (χ4v) is 3.19. The first-order valence-corrected chi connectivity index (χ1v) is 9.09. The molecule has 1 saturated heterocycles. The number of carbonyl (C=O) groups is 1. The van der Waals surface area contributed by atoms with Crippen molar-refractivity contribution in [2.45, 2.75) is 32.2 Å². The summed E-state index contributed by atoms with van der Waals surface area (Å²) in [5.74, 6) is -0.00639. The summed E-state index contributed by atoms with van der Waals surface area (Å²) in [4.78, 5) is 14.5. The molecule has 1 heterocycles. The molecule has 1 fully saturated rings. The molecule has 1 aromatic rings. The largest absolute Gasteiger partial charge is 0.334 e. The Balaban J connectivity index is 2.15. The molecule has 1 aliphatic rings. The summed E-state index contributed by atoms with van der Waals surface area (Å²) in [5.41, 5.74) is 1.65. The molecular formula is C15H22N2O3S. The number of sulfonamides is 1. The van der Waals surface area contributed by atoms with Crippen LogP contribution in [-0.2, 0) is 10.0 Å². The summed E-state index contributed by atoms with van der Waals surface area (Å²) in [6.45, 7) is 2.89. The molecule has 21 heavy (non-hydrogen) atoms. The Kier molecular flexibility index (Phi) is 5.00. The van der Waals surface area contributed by atoms with Crippen LogP contribution in [0, 0.1) is 6.92 Å². The Morgan fingerprint density at radius 3 is 2.71 bits per heavy atom. The van der Waals surface area contributed by atoms with Gasteiger partial charge in [-0.25, -0.2) is 13.1 Å². The summed E-state index contributed by atoms with van der Waals surface area (Å²) in [6, 6.07) is 7.44. The molecule has 0 aliphatic carbocycles. The monoisotopic (exact) mass is 310 g/mol. The van der Waals surface area contributed by atoms with Crippen LogP contribution in [0.2, 0.25) is 0 Å². The molecule has 116 valence electrons. The van der Waals surface area contributed by atoms with Gasteiger partial charge < -0.3 is 4.90 Å². The predicted molar refractivity (Wildman–Crippen MR) is 82.7 cm³/mol. The van der Waals surface area contributed by atoms with Gasteiger partial charge >= 0.3 is 0 Å². The summed E-state index contributed by atoms with van der Waals surface area (Å²) >= 11 is 0. The fourth-order valence-electron chi connectivity index (χ4n) is 2.70. The van der Waals surface area contributed by atoms with Crippen LogP contribution in [0.3, 0.4) is 0 Å². The van der Waals surface area contributed by atoms with E-state index in [0.717, 1.165) is 31.1 Å². The first-order chi connectivity index (χ1) is 9.88. The standard InChI is InChI=1S/C15H22N2O3S/c1-12-7-3-4-9-14(12)15(18)17-10-6-5-8-13(17)11-16-21(2,19)20/h3-4,7,9,13,16H,5-6,8,10-11H2,1-2H3/t13-/m1/s1. The van der Waals surface area contributed by atoms with E-state index in [1.807, 2.05) is 36.1 Å². The van der Waals surface area contributed by atoms with E-state index in [1.54, 1.807) is 0 Å². The Morgan fingerprint density at radius 2 is 2.05 bits per heavy atom. The Labute approximate surface area is 126 Å². The zero-order chi connectivity index (χ0) is 15.5. The molecule has 0 bridgehead atoms. The maximum absolute atomic E-state index is 12.7. The second-order valence-corrected chi connectivity index (χ2v) is 7.42. The number of benzene rings is 1. The Bertz CT molecular complexity index is 613. The third-order valence-electron chi connectivity index (χ3n) is 3.84. The van der Waals surface area contributed by atoms with Crippen molar-refractivity contribution < 1.29 is 13.2 Å². The lowest BCUT2D eigenvalue weighted by molar-refractivity contribution is 0.0618. The van der Waals surface area contributed by atoms with Crippen molar-refractivity contribution >= 4 is 15.9 Å². The van der Waals surface area contributed by atoms with Gasteiger partial charge in [0.25, 0.3) is 5.91 Å². The SMILES string of the molecule is Cc1ccccc1C(=O)N1CCCC[C@@H]1CNS(C)(=O)=O. The van der Waals surface area contributed by atoms with Crippen LogP contribution in [0.4, 0.5) is 0 Å². The van der Waals surface area contributed by atoms with E-state index < -0.39 is 10.0 Å². The van der Waals surface area contributed by atoms with Gasteiger partial charge in [-0.3, -0.25) is 4.79 Å². The highest BCUT2D eigenvalue weighted by Gasteiger charge is 2.28. The van der Waals surface area contributed by atoms with E-state index in [0.29, 0.717) is 12.1 Å². The van der Waals surface area contributed by atoms with Crippen molar-refractivity contribution in [2.24, 2.45) is 0 Å². The van der Waals surface area contributed by atoms with Crippen molar-refractivity contribution in [1.29, 1.82) is 0 Å². The number of hydrogen-bond acceptors (Lipinski definition) is 3. The molecule has 6 heteroatoms. The average molecular weight is 310 g/mol. The topological polar surface area (TPSA) is 66.5 Å². The number of amides is 1. The third-order valence-corrected chi connectivity index (χ3v) is 4.54. The smallest absolute Gasteiger partial charge is 0.254 e.